The Kier molecular flexibility index (Phi) is 39.3. The second kappa shape index (κ2) is 41.3. The minimum atomic E-state index is -1.82. The molecule has 28 nitrogen and oxygen atoms in total. The zero-order valence-corrected chi connectivity index (χ0v) is 46.8. The maximum atomic E-state index is 14.2. The number of rotatable bonds is 40. The molecule has 0 rings (SSSR count). The first kappa shape index (κ1) is 73.3. The molecule has 0 saturated carbocycles. The van der Waals surface area contributed by atoms with Gasteiger partial charge in [0.15, 0.2) is 0 Å². The fourth-order valence-electron chi connectivity index (χ4n) is 6.92. The molecule has 9 unspecified atom stereocenters. The number of amides is 9. The van der Waals surface area contributed by atoms with Crippen molar-refractivity contribution in [2.45, 2.75) is 166 Å². The highest BCUT2D eigenvalue weighted by molar-refractivity contribution is 7.98. The van der Waals surface area contributed by atoms with Crippen molar-refractivity contribution in [3.63, 3.8) is 0 Å². The van der Waals surface area contributed by atoms with Crippen LogP contribution >= 0.6 is 23.5 Å². The van der Waals surface area contributed by atoms with Gasteiger partial charge in [0, 0.05) is 13.3 Å². The third-order valence-electron chi connectivity index (χ3n) is 11.1. The molecule has 0 aliphatic heterocycles. The van der Waals surface area contributed by atoms with Crippen molar-refractivity contribution in [1.82, 2.24) is 42.5 Å². The van der Waals surface area contributed by atoms with Crippen LogP contribution in [0.5, 0.6) is 0 Å². The first-order valence-corrected chi connectivity index (χ1v) is 28.0. The number of aliphatic carboxylic acids is 3. The average Bonchev–Trinajstić information content (AvgIpc) is 3.34. The number of unbranched alkanes of at least 4 members (excludes halogenated alkanes) is 2. The Hall–Kier alpha value is -5.82. The Morgan fingerprint density at radius 3 is 1.27 bits per heavy atom. The van der Waals surface area contributed by atoms with Gasteiger partial charge in [-0.2, -0.15) is 23.5 Å². The number of nitrogens with two attached hydrogens (primary N) is 4. The number of thioether (sulfide) groups is 2. The molecule has 77 heavy (non-hydrogen) atoms. The molecule has 442 valence electrons. The Labute approximate surface area is 458 Å². The molecule has 9 atom stereocenters. The molecule has 0 bridgehead atoms. The molecule has 30 heteroatoms. The molecule has 0 spiro atoms. The number of hydrogen-bond acceptors (Lipinski definition) is 18. The summed E-state index contributed by atoms with van der Waals surface area (Å²) >= 11 is 2.84. The van der Waals surface area contributed by atoms with Gasteiger partial charge < -0.3 is 85.9 Å². The molecule has 0 aliphatic carbocycles. The number of carboxylic acids is 3. The lowest BCUT2D eigenvalue weighted by molar-refractivity contribution is -0.144. The summed E-state index contributed by atoms with van der Waals surface area (Å²) in [4.78, 5) is 153. The van der Waals surface area contributed by atoms with E-state index in [4.69, 9.17) is 32.8 Å². The standard InChI is InChI=1S/C45H82N12O14S2.C2H4O2/c1-24(2)21-31(42(67)54-32(22-35(60)61)43(68)56-33(23-58)45(70)71)55-44(69)36(25(3)4)57-41(66)28(12-8-10-18-47)52-38(63)27(11-7-9-17-46)51-40(65)30(16-20-73-6)53-39(64)29(13-14-34(49)59)50-37(62)26(48)15-19-72-5;1-2(3)4/h24-33,36,58H,7-23,46-48H2,1-6H3,(H2,49,59)(H,50,62)(H,51,65)(H,52,63)(H,53,64)(H,54,67)(H,55,69)(H,56,68)(H,57,66)(H,60,61)(H,70,71);1H3,(H,3,4). The summed E-state index contributed by atoms with van der Waals surface area (Å²) in [6.45, 7) is 7.18. The summed E-state index contributed by atoms with van der Waals surface area (Å²) in [6, 6.07) is -12.4. The van der Waals surface area contributed by atoms with Crippen molar-refractivity contribution >= 4 is 94.6 Å². The van der Waals surface area contributed by atoms with Crippen LogP contribution in [0.2, 0.25) is 0 Å². The van der Waals surface area contributed by atoms with Crippen molar-refractivity contribution in [2.75, 3.05) is 43.7 Å². The van der Waals surface area contributed by atoms with Crippen molar-refractivity contribution < 1.29 is 78.0 Å². The summed E-state index contributed by atoms with van der Waals surface area (Å²) in [6.07, 6.45) is 4.19. The van der Waals surface area contributed by atoms with Gasteiger partial charge in [0.2, 0.25) is 53.2 Å². The van der Waals surface area contributed by atoms with Crippen LogP contribution in [0.25, 0.3) is 0 Å². The maximum Gasteiger partial charge on any atom is 0.328 e. The van der Waals surface area contributed by atoms with Crippen LogP contribution in [-0.2, 0) is 57.5 Å². The minimum absolute atomic E-state index is 0.0286. The van der Waals surface area contributed by atoms with E-state index in [9.17, 15) is 68.1 Å². The van der Waals surface area contributed by atoms with E-state index >= 15 is 0 Å². The first-order chi connectivity index (χ1) is 36.1. The first-order valence-electron chi connectivity index (χ1n) is 25.2. The quantitative estimate of drug-likeness (QED) is 0.0266. The van der Waals surface area contributed by atoms with Gasteiger partial charge in [0.1, 0.15) is 48.3 Å². The van der Waals surface area contributed by atoms with Gasteiger partial charge in [-0.1, -0.05) is 27.7 Å². The van der Waals surface area contributed by atoms with Crippen LogP contribution in [0, 0.1) is 11.8 Å². The van der Waals surface area contributed by atoms with Crippen LogP contribution in [0.15, 0.2) is 0 Å². The fourth-order valence-corrected chi connectivity index (χ4v) is 7.88. The molecule has 0 aromatic carbocycles. The molecule has 0 radical (unpaired) electrons. The maximum absolute atomic E-state index is 14.2. The lowest BCUT2D eigenvalue weighted by Crippen LogP contribution is -2.61. The Bertz CT molecular complexity index is 1920. The molecule has 0 aliphatic rings. The zero-order chi connectivity index (χ0) is 59.4. The SMILES string of the molecule is CC(=O)O.CSCCC(N)C(=O)NC(CCC(N)=O)C(=O)NC(CCSC)C(=O)NC(CCCCN)C(=O)NC(CCCCN)C(=O)NC(C(=O)NC(CC(C)C)C(=O)NC(CC(=O)O)C(=O)NC(CO)C(=O)O)C(C)C. The van der Waals surface area contributed by atoms with Crippen molar-refractivity contribution in [2.24, 2.45) is 34.8 Å². The van der Waals surface area contributed by atoms with Crippen LogP contribution in [0.1, 0.15) is 112 Å². The van der Waals surface area contributed by atoms with Gasteiger partial charge in [-0.15, -0.1) is 0 Å². The van der Waals surface area contributed by atoms with Gasteiger partial charge in [0.05, 0.1) is 19.1 Å². The van der Waals surface area contributed by atoms with Gasteiger partial charge >= 0.3 is 11.9 Å². The molecular weight excluding hydrogens is 1050 g/mol. The number of aliphatic hydroxyl groups is 1. The largest absolute Gasteiger partial charge is 0.481 e. The van der Waals surface area contributed by atoms with Crippen LogP contribution in [0.3, 0.4) is 0 Å². The number of hydrogen-bond donors (Lipinski definition) is 16. The molecule has 0 aromatic heterocycles. The number of carbonyl (C=O) groups is 12. The second-order valence-electron chi connectivity index (χ2n) is 18.7. The normalized spacial score (nSPS) is 14.5. The molecule has 0 fully saturated rings. The van der Waals surface area contributed by atoms with E-state index in [0.717, 1.165) is 6.92 Å². The smallest absolute Gasteiger partial charge is 0.328 e. The van der Waals surface area contributed by atoms with Gasteiger partial charge in [-0.3, -0.25) is 52.7 Å². The van der Waals surface area contributed by atoms with E-state index in [1.54, 1.807) is 34.0 Å². The topological polar surface area (TPSA) is 486 Å². The van der Waals surface area contributed by atoms with Gasteiger partial charge in [-0.05, 0) is 113 Å². The predicted molar refractivity (Wildman–Crippen MR) is 288 cm³/mol. The van der Waals surface area contributed by atoms with Crippen molar-refractivity contribution in [3.05, 3.63) is 0 Å². The number of carboxylic acid groups (broad SMARTS) is 3. The molecule has 0 aromatic rings. The van der Waals surface area contributed by atoms with Crippen LogP contribution < -0.4 is 65.5 Å². The van der Waals surface area contributed by atoms with E-state index in [0.29, 0.717) is 43.6 Å². The highest BCUT2D eigenvalue weighted by atomic mass is 32.2. The van der Waals surface area contributed by atoms with Crippen LogP contribution in [-0.4, -0.2) is 190 Å². The summed E-state index contributed by atoms with van der Waals surface area (Å²) in [5.41, 5.74) is 22.9. The van der Waals surface area contributed by atoms with Crippen molar-refractivity contribution in [1.29, 1.82) is 0 Å². The van der Waals surface area contributed by atoms with Gasteiger partial charge in [0.25, 0.3) is 5.97 Å². The average molecular weight is 1140 g/mol. The number of aliphatic hydroxyl groups excluding tert-OH is 1. The molecule has 0 saturated heterocycles. The summed E-state index contributed by atoms with van der Waals surface area (Å²) in [5, 5.41) is 55.5. The second-order valence-corrected chi connectivity index (χ2v) is 20.6. The highest BCUT2D eigenvalue weighted by Gasteiger charge is 2.36. The van der Waals surface area contributed by atoms with Gasteiger partial charge in [-0.25, -0.2) is 4.79 Å². The lowest BCUT2D eigenvalue weighted by atomic mass is 9.98. The summed E-state index contributed by atoms with van der Waals surface area (Å²) in [5.74, 6) is -11.6. The molecule has 9 amide bonds. The molecular formula is C47H86N12O16S2. The van der Waals surface area contributed by atoms with Crippen molar-refractivity contribution in [3.8, 4) is 0 Å². The minimum Gasteiger partial charge on any atom is -0.481 e. The zero-order valence-electron chi connectivity index (χ0n) is 45.2. The summed E-state index contributed by atoms with van der Waals surface area (Å²) < 4.78 is 0. The third-order valence-corrected chi connectivity index (χ3v) is 12.4. The molecule has 0 heterocycles. The highest BCUT2D eigenvalue weighted by Crippen LogP contribution is 2.13. The van der Waals surface area contributed by atoms with E-state index in [1.165, 1.54) is 23.5 Å². The van der Waals surface area contributed by atoms with E-state index < -0.39 is 144 Å². The predicted octanol–water partition coefficient (Wildman–Crippen LogP) is -3.43. The number of nitrogens with one attached hydrogen (secondary N) is 8. The Balaban J connectivity index is 0. The monoisotopic (exact) mass is 1140 g/mol. The van der Waals surface area contributed by atoms with E-state index in [2.05, 4.69) is 37.2 Å². The lowest BCUT2D eigenvalue weighted by Gasteiger charge is -2.29. The fraction of sp³-hybridized carbons (Fsp3) is 0.745. The Morgan fingerprint density at radius 2 is 0.870 bits per heavy atom. The Morgan fingerprint density at radius 1 is 0.494 bits per heavy atom. The molecule has 20 N–H and O–H groups in total. The van der Waals surface area contributed by atoms with E-state index in [-0.39, 0.29) is 57.5 Å². The third kappa shape index (κ3) is 33.2. The number of primary amides is 1. The summed E-state index contributed by atoms with van der Waals surface area (Å²) in [7, 11) is 0. The van der Waals surface area contributed by atoms with E-state index in [1.807, 2.05) is 11.6 Å². The number of carbonyl (C=O) groups excluding carboxylic acids is 9. The van der Waals surface area contributed by atoms with Crippen LogP contribution in [0.4, 0.5) is 0 Å².